The van der Waals surface area contributed by atoms with Crippen LogP contribution in [0.2, 0.25) is 0 Å². The van der Waals surface area contributed by atoms with Crippen LogP contribution < -0.4 is 0 Å². The number of aromatic nitrogens is 3. The van der Waals surface area contributed by atoms with Crippen molar-refractivity contribution >= 4 is 40.6 Å². The Balaban J connectivity index is 2.49. The third-order valence-corrected chi connectivity index (χ3v) is 5.54. The Hall–Kier alpha value is -1.19. The summed E-state index contributed by atoms with van der Waals surface area (Å²) in [5, 5.41) is -0.231. The lowest BCUT2D eigenvalue weighted by molar-refractivity contribution is 0.590. The van der Waals surface area contributed by atoms with Crippen molar-refractivity contribution in [3.05, 3.63) is 18.6 Å². The average molecular weight is 324 g/mol. The maximum absolute atomic E-state index is 12.1. The van der Waals surface area contributed by atoms with E-state index < -0.39 is 30.4 Å². The zero-order valence-electron chi connectivity index (χ0n) is 9.82. The highest BCUT2D eigenvalue weighted by molar-refractivity contribution is 8.14. The summed E-state index contributed by atoms with van der Waals surface area (Å²) in [5.74, 6) is -1.29. The largest absolute Gasteiger partial charge is 0.334 e. The predicted octanol–water partition coefficient (Wildman–Crippen LogP) is 0.311. The lowest BCUT2D eigenvalue weighted by Gasteiger charge is -2.03. The number of aryl methyl sites for hydroxylation is 1. The van der Waals surface area contributed by atoms with Crippen molar-refractivity contribution in [2.45, 2.75) is 5.03 Å². The Labute approximate surface area is 114 Å². The molecule has 104 valence electrons. The third-order valence-electron chi connectivity index (χ3n) is 2.50. The highest BCUT2D eigenvalue weighted by atomic mass is 35.7. The fourth-order valence-electron chi connectivity index (χ4n) is 1.57. The molecule has 0 fully saturated rings. The van der Waals surface area contributed by atoms with Gasteiger partial charge < -0.3 is 4.57 Å². The molecule has 2 aromatic heterocycles. The molecule has 0 atom stereocenters. The molecule has 0 aliphatic carbocycles. The third kappa shape index (κ3) is 3.04. The molecule has 0 unspecified atom stereocenters. The monoisotopic (exact) mass is 323 g/mol. The first-order valence-electron chi connectivity index (χ1n) is 5.12. The second-order valence-electron chi connectivity index (χ2n) is 3.90. The lowest BCUT2D eigenvalue weighted by Crippen LogP contribution is -2.15. The van der Waals surface area contributed by atoms with Crippen molar-refractivity contribution in [3.8, 4) is 0 Å². The Morgan fingerprint density at radius 2 is 1.89 bits per heavy atom. The highest BCUT2D eigenvalue weighted by Crippen LogP contribution is 2.20. The fourth-order valence-corrected chi connectivity index (χ4v) is 4.68. The molecule has 10 heteroatoms. The molecule has 0 aliphatic heterocycles. The van der Waals surface area contributed by atoms with Crippen molar-refractivity contribution < 1.29 is 16.8 Å². The van der Waals surface area contributed by atoms with Gasteiger partial charge in [-0.05, 0) is 6.07 Å². The van der Waals surface area contributed by atoms with Gasteiger partial charge in [0.2, 0.25) is 9.05 Å². The van der Waals surface area contributed by atoms with Crippen LogP contribution >= 0.6 is 10.7 Å². The number of nitrogens with zero attached hydrogens (tertiary/aromatic N) is 3. The standard InChI is InChI=1S/C9H10ClN3O4S2/c1-13-6-12-8-7(13)2-3-11-9(8)18(14,15)4-5-19(10,16)17/h2-3,6H,4-5H2,1H3. The Morgan fingerprint density at radius 1 is 1.21 bits per heavy atom. The number of rotatable bonds is 4. The minimum atomic E-state index is -3.87. The van der Waals surface area contributed by atoms with Crippen molar-refractivity contribution in [1.29, 1.82) is 0 Å². The summed E-state index contributed by atoms with van der Waals surface area (Å²) in [7, 11) is -0.997. The SMILES string of the molecule is Cn1cnc2c(S(=O)(=O)CCS(=O)(=O)Cl)nccc21. The van der Waals surface area contributed by atoms with Crippen LogP contribution in [0.15, 0.2) is 23.6 Å². The van der Waals surface area contributed by atoms with Crippen molar-refractivity contribution in [2.75, 3.05) is 11.5 Å². The number of fused-ring (bicyclic) bond motifs is 1. The van der Waals surface area contributed by atoms with E-state index in [-0.39, 0.29) is 10.5 Å². The summed E-state index contributed by atoms with van der Waals surface area (Å²) < 4.78 is 47.5. The van der Waals surface area contributed by atoms with E-state index in [9.17, 15) is 16.8 Å². The molecule has 2 rings (SSSR count). The molecule has 0 saturated carbocycles. The smallest absolute Gasteiger partial charge is 0.233 e. The second-order valence-corrected chi connectivity index (χ2v) is 8.82. The first kappa shape index (κ1) is 14.2. The molecule has 0 saturated heterocycles. The Bertz CT molecular complexity index is 826. The van der Waals surface area contributed by atoms with Crippen LogP contribution in [-0.2, 0) is 25.9 Å². The van der Waals surface area contributed by atoms with E-state index in [1.165, 1.54) is 12.5 Å². The number of imidazole rings is 1. The van der Waals surface area contributed by atoms with E-state index in [1.807, 2.05) is 0 Å². The maximum atomic E-state index is 12.1. The first-order chi connectivity index (χ1) is 8.71. The number of hydrogen-bond donors (Lipinski definition) is 0. The molecule has 7 nitrogen and oxygen atoms in total. The quantitative estimate of drug-likeness (QED) is 0.751. The van der Waals surface area contributed by atoms with Crippen molar-refractivity contribution in [2.24, 2.45) is 7.05 Å². The maximum Gasteiger partial charge on any atom is 0.233 e. The van der Waals surface area contributed by atoms with E-state index >= 15 is 0 Å². The van der Waals surface area contributed by atoms with E-state index in [1.54, 1.807) is 17.7 Å². The Kier molecular flexibility index (Phi) is 3.54. The predicted molar refractivity (Wildman–Crippen MR) is 70.2 cm³/mol. The van der Waals surface area contributed by atoms with Crippen LogP contribution in [0.4, 0.5) is 0 Å². The minimum Gasteiger partial charge on any atom is -0.334 e. The normalized spacial score (nSPS) is 12.9. The van der Waals surface area contributed by atoms with Crippen molar-refractivity contribution in [3.63, 3.8) is 0 Å². The van der Waals surface area contributed by atoms with Gasteiger partial charge in [-0.15, -0.1) is 0 Å². The highest BCUT2D eigenvalue weighted by Gasteiger charge is 2.23. The Morgan fingerprint density at radius 3 is 2.53 bits per heavy atom. The van der Waals surface area contributed by atoms with E-state index in [0.29, 0.717) is 5.52 Å². The molecule has 0 spiro atoms. The summed E-state index contributed by atoms with van der Waals surface area (Å²) in [6, 6.07) is 1.62. The van der Waals surface area contributed by atoms with Crippen LogP contribution in [0.3, 0.4) is 0 Å². The van der Waals surface area contributed by atoms with E-state index in [2.05, 4.69) is 9.97 Å². The summed E-state index contributed by atoms with van der Waals surface area (Å²) in [5.41, 5.74) is 0.819. The molecule has 0 aliphatic rings. The summed E-state index contributed by atoms with van der Waals surface area (Å²) >= 11 is 0. The first-order valence-corrected chi connectivity index (χ1v) is 9.25. The average Bonchev–Trinajstić information content (AvgIpc) is 2.68. The topological polar surface area (TPSA) is 99.0 Å². The lowest BCUT2D eigenvalue weighted by atomic mass is 10.4. The van der Waals surface area contributed by atoms with Crippen LogP contribution in [0.25, 0.3) is 11.0 Å². The van der Waals surface area contributed by atoms with E-state index in [0.717, 1.165) is 0 Å². The molecule has 19 heavy (non-hydrogen) atoms. The van der Waals surface area contributed by atoms with Gasteiger partial charge in [-0.25, -0.2) is 26.8 Å². The van der Waals surface area contributed by atoms with Gasteiger partial charge in [-0.3, -0.25) is 0 Å². The van der Waals surface area contributed by atoms with Gasteiger partial charge >= 0.3 is 0 Å². The number of pyridine rings is 1. The van der Waals surface area contributed by atoms with Gasteiger partial charge in [0.15, 0.2) is 14.9 Å². The molecule has 0 radical (unpaired) electrons. The fraction of sp³-hybridized carbons (Fsp3) is 0.333. The molecular formula is C9H10ClN3O4S2. The van der Waals surface area contributed by atoms with Crippen LogP contribution in [-0.4, -0.2) is 42.9 Å². The summed E-state index contributed by atoms with van der Waals surface area (Å²) in [6.45, 7) is 0. The molecule has 0 aromatic carbocycles. The molecule has 2 aromatic rings. The van der Waals surface area contributed by atoms with Gasteiger partial charge in [0.05, 0.1) is 23.3 Å². The van der Waals surface area contributed by atoms with Crippen LogP contribution in [0.5, 0.6) is 0 Å². The van der Waals surface area contributed by atoms with Crippen molar-refractivity contribution in [1.82, 2.24) is 14.5 Å². The van der Waals surface area contributed by atoms with Crippen LogP contribution in [0, 0.1) is 0 Å². The molecule has 2 heterocycles. The molecule has 0 N–H and O–H groups in total. The van der Waals surface area contributed by atoms with E-state index in [4.69, 9.17) is 10.7 Å². The van der Waals surface area contributed by atoms with Gasteiger partial charge in [-0.2, -0.15) is 0 Å². The number of hydrogen-bond acceptors (Lipinski definition) is 6. The molecule has 0 amide bonds. The number of sulfone groups is 1. The minimum absolute atomic E-state index is 0.219. The zero-order chi connectivity index (χ0) is 14.3. The van der Waals surface area contributed by atoms with Crippen LogP contribution in [0.1, 0.15) is 0 Å². The summed E-state index contributed by atoms with van der Waals surface area (Å²) in [4.78, 5) is 7.76. The zero-order valence-corrected chi connectivity index (χ0v) is 12.2. The second kappa shape index (κ2) is 4.73. The molecule has 0 bridgehead atoms. The van der Waals surface area contributed by atoms with Gasteiger partial charge in [0.25, 0.3) is 0 Å². The van der Waals surface area contributed by atoms with Gasteiger partial charge in [-0.1, -0.05) is 0 Å². The number of halogens is 1. The summed E-state index contributed by atoms with van der Waals surface area (Å²) in [6.07, 6.45) is 2.80. The molecular weight excluding hydrogens is 314 g/mol. The van der Waals surface area contributed by atoms with Gasteiger partial charge in [0, 0.05) is 23.9 Å². The van der Waals surface area contributed by atoms with Gasteiger partial charge in [0.1, 0.15) is 5.52 Å².